The Labute approximate surface area is 97.6 Å². The molecule has 6 nitrogen and oxygen atoms in total. The van der Waals surface area contributed by atoms with Crippen molar-refractivity contribution >= 4 is 28.2 Å². The Bertz CT molecular complexity index is 405. The van der Waals surface area contributed by atoms with Gasteiger partial charge in [0.2, 0.25) is 0 Å². The Balaban J connectivity index is 2.17. The van der Waals surface area contributed by atoms with Crippen LogP contribution >= 0.6 is 11.3 Å². The zero-order chi connectivity index (χ0) is 11.7. The summed E-state index contributed by atoms with van der Waals surface area (Å²) in [5.41, 5.74) is 11.5. The summed E-state index contributed by atoms with van der Waals surface area (Å²) < 4.78 is 0. The van der Waals surface area contributed by atoms with Crippen LogP contribution in [0.2, 0.25) is 0 Å². The monoisotopic (exact) mass is 241 g/mol. The van der Waals surface area contributed by atoms with Gasteiger partial charge in [0.05, 0.1) is 0 Å². The van der Waals surface area contributed by atoms with E-state index in [9.17, 15) is 4.79 Å². The quantitative estimate of drug-likeness (QED) is 0.674. The highest BCUT2D eigenvalue weighted by Gasteiger charge is 2.27. The van der Waals surface area contributed by atoms with Crippen LogP contribution in [0.25, 0.3) is 0 Å². The predicted octanol–water partition coefficient (Wildman–Crippen LogP) is -0.0598. The van der Waals surface area contributed by atoms with Crippen LogP contribution in [0.1, 0.15) is 16.1 Å². The Morgan fingerprint density at radius 1 is 1.69 bits per heavy atom. The number of aromatic nitrogens is 1. The lowest BCUT2D eigenvalue weighted by Gasteiger charge is -2.14. The zero-order valence-corrected chi connectivity index (χ0v) is 9.88. The number of carbonyl (C=O) groups excluding carboxylic acids is 1. The second-order valence-electron chi connectivity index (χ2n) is 3.78. The van der Waals surface area contributed by atoms with Gasteiger partial charge in [-0.05, 0) is 6.42 Å². The molecule has 1 fully saturated rings. The second kappa shape index (κ2) is 4.26. The maximum atomic E-state index is 12.1. The highest BCUT2D eigenvalue weighted by atomic mass is 32.1. The standard InChI is InChI=1S/C9H15N5OS/c1-12-9-13-7(11)6(16-9)8(15)14-3-2-5(10)4-14/h5H,2-4,10-11H2,1H3,(H,12,13). The average molecular weight is 241 g/mol. The average Bonchev–Trinajstić information content (AvgIpc) is 2.83. The fraction of sp³-hybridized carbons (Fsp3) is 0.556. The number of nitrogen functional groups attached to an aromatic ring is 1. The number of thiazole rings is 1. The van der Waals surface area contributed by atoms with Crippen molar-refractivity contribution in [2.75, 3.05) is 31.2 Å². The molecule has 0 aromatic carbocycles. The lowest BCUT2D eigenvalue weighted by atomic mass is 10.3. The van der Waals surface area contributed by atoms with Crippen LogP contribution in [-0.2, 0) is 0 Å². The lowest BCUT2D eigenvalue weighted by Crippen LogP contribution is -2.31. The molecule has 16 heavy (non-hydrogen) atoms. The SMILES string of the molecule is CNc1nc(N)c(C(=O)N2CCC(N)C2)s1. The highest BCUT2D eigenvalue weighted by Crippen LogP contribution is 2.26. The minimum Gasteiger partial charge on any atom is -0.382 e. The van der Waals surface area contributed by atoms with Crippen molar-refractivity contribution in [3.05, 3.63) is 4.88 Å². The molecule has 0 radical (unpaired) electrons. The molecule has 0 bridgehead atoms. The van der Waals surface area contributed by atoms with Crippen LogP contribution in [0, 0.1) is 0 Å². The van der Waals surface area contributed by atoms with Gasteiger partial charge in [-0.25, -0.2) is 4.98 Å². The van der Waals surface area contributed by atoms with E-state index in [-0.39, 0.29) is 11.9 Å². The minimum absolute atomic E-state index is 0.0653. The third kappa shape index (κ3) is 1.96. The molecule has 7 heteroatoms. The van der Waals surface area contributed by atoms with Crippen LogP contribution in [0.5, 0.6) is 0 Å². The van der Waals surface area contributed by atoms with Crippen molar-refractivity contribution < 1.29 is 4.79 Å². The molecular weight excluding hydrogens is 226 g/mol. The first-order valence-corrected chi connectivity index (χ1v) is 5.92. The summed E-state index contributed by atoms with van der Waals surface area (Å²) in [7, 11) is 1.75. The first-order chi connectivity index (χ1) is 7.61. The van der Waals surface area contributed by atoms with E-state index in [0.717, 1.165) is 6.42 Å². The van der Waals surface area contributed by atoms with Crippen LogP contribution in [0.4, 0.5) is 10.9 Å². The molecule has 1 aromatic heterocycles. The van der Waals surface area contributed by atoms with Crippen LogP contribution in [-0.4, -0.2) is 42.0 Å². The molecule has 1 aliphatic heterocycles. The van der Waals surface area contributed by atoms with Gasteiger partial charge in [-0.3, -0.25) is 4.79 Å². The van der Waals surface area contributed by atoms with Gasteiger partial charge in [-0.1, -0.05) is 11.3 Å². The summed E-state index contributed by atoms with van der Waals surface area (Å²) in [6, 6.07) is 0.0851. The van der Waals surface area contributed by atoms with Crippen LogP contribution in [0.15, 0.2) is 0 Å². The Morgan fingerprint density at radius 3 is 2.94 bits per heavy atom. The van der Waals surface area contributed by atoms with E-state index in [1.165, 1.54) is 11.3 Å². The molecule has 5 N–H and O–H groups in total. The molecule has 2 rings (SSSR count). The number of hydrogen-bond donors (Lipinski definition) is 3. The molecular formula is C9H15N5OS. The molecule has 0 spiro atoms. The van der Waals surface area contributed by atoms with E-state index in [0.29, 0.717) is 28.9 Å². The fourth-order valence-corrected chi connectivity index (χ4v) is 2.51. The Morgan fingerprint density at radius 2 is 2.44 bits per heavy atom. The van der Waals surface area contributed by atoms with Gasteiger partial charge in [0, 0.05) is 26.2 Å². The molecule has 1 atom stereocenters. The summed E-state index contributed by atoms with van der Waals surface area (Å²) in [5.74, 6) is 0.226. The van der Waals surface area contributed by atoms with Crippen molar-refractivity contribution in [3.63, 3.8) is 0 Å². The Hall–Kier alpha value is -1.34. The third-order valence-corrected chi connectivity index (χ3v) is 3.65. The summed E-state index contributed by atoms with van der Waals surface area (Å²) >= 11 is 1.28. The van der Waals surface area contributed by atoms with E-state index in [1.807, 2.05) is 0 Å². The normalized spacial score (nSPS) is 20.1. The molecule has 1 aliphatic rings. The van der Waals surface area contributed by atoms with Gasteiger partial charge in [-0.15, -0.1) is 0 Å². The first-order valence-electron chi connectivity index (χ1n) is 5.10. The van der Waals surface area contributed by atoms with Crippen molar-refractivity contribution in [2.45, 2.75) is 12.5 Å². The molecule has 1 amide bonds. The summed E-state index contributed by atoms with van der Waals surface area (Å²) in [6.07, 6.45) is 0.851. The topological polar surface area (TPSA) is 97.3 Å². The van der Waals surface area contributed by atoms with E-state index in [2.05, 4.69) is 10.3 Å². The van der Waals surface area contributed by atoms with Crippen LogP contribution in [0.3, 0.4) is 0 Å². The number of nitrogens with two attached hydrogens (primary N) is 2. The van der Waals surface area contributed by atoms with Gasteiger partial charge >= 0.3 is 0 Å². The Kier molecular flexibility index (Phi) is 2.97. The maximum Gasteiger partial charge on any atom is 0.267 e. The largest absolute Gasteiger partial charge is 0.382 e. The van der Waals surface area contributed by atoms with Crippen molar-refractivity contribution in [3.8, 4) is 0 Å². The highest BCUT2D eigenvalue weighted by molar-refractivity contribution is 7.18. The smallest absolute Gasteiger partial charge is 0.267 e. The van der Waals surface area contributed by atoms with Crippen molar-refractivity contribution in [1.82, 2.24) is 9.88 Å². The van der Waals surface area contributed by atoms with Crippen molar-refractivity contribution in [1.29, 1.82) is 0 Å². The van der Waals surface area contributed by atoms with E-state index in [1.54, 1.807) is 11.9 Å². The minimum atomic E-state index is -0.0653. The number of carbonyl (C=O) groups is 1. The summed E-state index contributed by atoms with van der Waals surface area (Å²) in [5, 5.41) is 3.53. The van der Waals surface area contributed by atoms with Crippen LogP contribution < -0.4 is 16.8 Å². The number of likely N-dealkylation sites (tertiary alicyclic amines) is 1. The number of anilines is 2. The second-order valence-corrected chi connectivity index (χ2v) is 4.78. The maximum absolute atomic E-state index is 12.1. The molecule has 1 saturated heterocycles. The number of amides is 1. The summed E-state index contributed by atoms with van der Waals surface area (Å²) in [6.45, 7) is 1.30. The van der Waals surface area contributed by atoms with Gasteiger partial charge in [0.1, 0.15) is 10.7 Å². The van der Waals surface area contributed by atoms with Gasteiger partial charge in [-0.2, -0.15) is 0 Å². The van der Waals surface area contributed by atoms with E-state index in [4.69, 9.17) is 11.5 Å². The number of rotatable bonds is 2. The van der Waals surface area contributed by atoms with Gasteiger partial charge < -0.3 is 21.7 Å². The fourth-order valence-electron chi connectivity index (χ4n) is 1.71. The number of hydrogen-bond acceptors (Lipinski definition) is 6. The molecule has 88 valence electrons. The van der Waals surface area contributed by atoms with Gasteiger partial charge in [0.25, 0.3) is 5.91 Å². The van der Waals surface area contributed by atoms with E-state index < -0.39 is 0 Å². The zero-order valence-electron chi connectivity index (χ0n) is 9.06. The van der Waals surface area contributed by atoms with Crippen molar-refractivity contribution in [2.24, 2.45) is 5.73 Å². The number of nitrogens with zero attached hydrogens (tertiary/aromatic N) is 2. The molecule has 0 saturated carbocycles. The lowest BCUT2D eigenvalue weighted by molar-refractivity contribution is 0.0796. The predicted molar refractivity (Wildman–Crippen MR) is 64.6 cm³/mol. The van der Waals surface area contributed by atoms with Gasteiger partial charge in [0.15, 0.2) is 5.13 Å². The first kappa shape index (κ1) is 11.2. The molecule has 1 aromatic rings. The molecule has 1 unspecified atom stereocenters. The van der Waals surface area contributed by atoms with E-state index >= 15 is 0 Å². The number of nitrogens with one attached hydrogen (secondary N) is 1. The molecule has 0 aliphatic carbocycles. The third-order valence-electron chi connectivity index (χ3n) is 2.57. The summed E-state index contributed by atoms with van der Waals surface area (Å²) in [4.78, 5) is 18.4. The molecule has 2 heterocycles.